The van der Waals surface area contributed by atoms with Gasteiger partial charge in [0.15, 0.2) is 5.78 Å². The molecule has 0 fully saturated rings. The predicted molar refractivity (Wildman–Crippen MR) is 99.9 cm³/mol. The standard InChI is InChI=1S/C20H19N5O/c1-3-25-12-17(10-23-25)20(26)8-18-7-16-6-14(4-5-15(16)9-22-18)19-11-21-13-24(19)2/h4-7,9-13H,3,8H2,1-2H3. The van der Waals surface area contributed by atoms with Crippen molar-refractivity contribution in [2.75, 3.05) is 0 Å². The summed E-state index contributed by atoms with van der Waals surface area (Å²) in [5, 5.41) is 6.27. The molecule has 4 rings (SSSR count). The van der Waals surface area contributed by atoms with Gasteiger partial charge in [-0.3, -0.25) is 14.5 Å². The Hall–Kier alpha value is -3.28. The Bertz CT molecular complexity index is 1090. The Labute approximate surface area is 151 Å². The Balaban J connectivity index is 1.64. The van der Waals surface area contributed by atoms with Gasteiger partial charge in [-0.15, -0.1) is 0 Å². The van der Waals surface area contributed by atoms with Gasteiger partial charge in [0.25, 0.3) is 0 Å². The number of ketones is 1. The molecule has 6 heteroatoms. The summed E-state index contributed by atoms with van der Waals surface area (Å²) in [4.78, 5) is 21.1. The molecule has 0 N–H and O–H groups in total. The molecule has 0 bridgehead atoms. The highest BCUT2D eigenvalue weighted by Gasteiger charge is 2.11. The molecule has 0 spiro atoms. The molecule has 4 aromatic rings. The van der Waals surface area contributed by atoms with Crippen LogP contribution in [0.5, 0.6) is 0 Å². The van der Waals surface area contributed by atoms with Gasteiger partial charge < -0.3 is 4.57 Å². The molecule has 0 saturated carbocycles. The molecule has 0 aliphatic heterocycles. The molecule has 0 amide bonds. The molecule has 0 saturated heterocycles. The summed E-state index contributed by atoms with van der Waals surface area (Å²) < 4.78 is 3.74. The van der Waals surface area contributed by atoms with Gasteiger partial charge in [-0.25, -0.2) is 4.98 Å². The van der Waals surface area contributed by atoms with Crippen LogP contribution in [0, 0.1) is 0 Å². The SMILES string of the molecule is CCn1cc(C(=O)Cc2cc3cc(-c4cncn4C)ccc3cn2)cn1. The first kappa shape index (κ1) is 16.2. The van der Waals surface area contributed by atoms with Crippen molar-refractivity contribution in [2.45, 2.75) is 19.9 Å². The van der Waals surface area contributed by atoms with Crippen LogP contribution < -0.4 is 0 Å². The van der Waals surface area contributed by atoms with Crippen molar-refractivity contribution in [1.82, 2.24) is 24.3 Å². The van der Waals surface area contributed by atoms with Crippen LogP contribution in [0.3, 0.4) is 0 Å². The predicted octanol–water partition coefficient (Wildman–Crippen LogP) is 3.28. The molecule has 0 aliphatic rings. The number of nitrogens with zero attached hydrogens (tertiary/aromatic N) is 5. The zero-order chi connectivity index (χ0) is 18.1. The average Bonchev–Trinajstić information content (AvgIpc) is 3.30. The number of Topliss-reactive ketones (excluding diaryl/α,β-unsaturated/α-hetero) is 1. The van der Waals surface area contributed by atoms with Crippen molar-refractivity contribution in [3.05, 3.63) is 66.6 Å². The lowest BCUT2D eigenvalue weighted by Crippen LogP contribution is -2.04. The second-order valence-electron chi connectivity index (χ2n) is 6.31. The molecule has 6 nitrogen and oxygen atoms in total. The first-order chi connectivity index (χ1) is 12.6. The maximum Gasteiger partial charge on any atom is 0.171 e. The molecule has 0 unspecified atom stereocenters. The van der Waals surface area contributed by atoms with Crippen molar-refractivity contribution in [2.24, 2.45) is 7.05 Å². The third-order valence-corrected chi connectivity index (χ3v) is 4.51. The van der Waals surface area contributed by atoms with Gasteiger partial charge in [0.2, 0.25) is 0 Å². The van der Waals surface area contributed by atoms with E-state index in [1.807, 2.05) is 43.1 Å². The number of carbonyl (C=O) groups excluding carboxylic acids is 1. The van der Waals surface area contributed by atoms with Crippen LogP contribution in [0.4, 0.5) is 0 Å². The van der Waals surface area contributed by atoms with Crippen molar-refractivity contribution < 1.29 is 4.79 Å². The van der Waals surface area contributed by atoms with Gasteiger partial charge >= 0.3 is 0 Å². The molecule has 26 heavy (non-hydrogen) atoms. The van der Waals surface area contributed by atoms with Gasteiger partial charge in [-0.2, -0.15) is 5.10 Å². The molecular weight excluding hydrogens is 326 g/mol. The second kappa shape index (κ2) is 6.55. The number of benzene rings is 1. The van der Waals surface area contributed by atoms with Crippen LogP contribution >= 0.6 is 0 Å². The molecule has 0 aliphatic carbocycles. The van der Waals surface area contributed by atoms with Crippen molar-refractivity contribution in [3.8, 4) is 11.3 Å². The van der Waals surface area contributed by atoms with E-state index in [1.54, 1.807) is 23.4 Å². The van der Waals surface area contributed by atoms with Gasteiger partial charge in [0.05, 0.1) is 36.4 Å². The Morgan fingerprint density at radius 3 is 2.73 bits per heavy atom. The van der Waals surface area contributed by atoms with Gasteiger partial charge in [-0.1, -0.05) is 12.1 Å². The van der Waals surface area contributed by atoms with E-state index in [2.05, 4.69) is 27.2 Å². The Morgan fingerprint density at radius 1 is 1.12 bits per heavy atom. The summed E-state index contributed by atoms with van der Waals surface area (Å²) in [6.07, 6.45) is 9.11. The molecule has 0 atom stereocenters. The summed E-state index contributed by atoms with van der Waals surface area (Å²) in [6.45, 7) is 2.74. The quantitative estimate of drug-likeness (QED) is 0.521. The zero-order valence-electron chi connectivity index (χ0n) is 14.8. The summed E-state index contributed by atoms with van der Waals surface area (Å²) in [5.74, 6) is 0.0272. The maximum absolute atomic E-state index is 12.5. The normalized spacial score (nSPS) is 11.2. The maximum atomic E-state index is 12.5. The molecule has 1 aromatic carbocycles. The third-order valence-electron chi connectivity index (χ3n) is 4.51. The number of carbonyl (C=O) groups is 1. The Morgan fingerprint density at radius 2 is 2.00 bits per heavy atom. The number of imidazole rings is 1. The highest BCUT2D eigenvalue weighted by atomic mass is 16.1. The van der Waals surface area contributed by atoms with E-state index in [1.165, 1.54) is 0 Å². The van der Waals surface area contributed by atoms with Crippen molar-refractivity contribution in [1.29, 1.82) is 0 Å². The number of rotatable bonds is 5. The minimum Gasteiger partial charge on any atom is -0.334 e. The fourth-order valence-corrected chi connectivity index (χ4v) is 3.02. The summed E-state index contributed by atoms with van der Waals surface area (Å²) in [6, 6.07) is 8.20. The summed E-state index contributed by atoms with van der Waals surface area (Å²) in [5.41, 5.74) is 3.52. The monoisotopic (exact) mass is 345 g/mol. The fraction of sp³-hybridized carbons (Fsp3) is 0.200. The fourth-order valence-electron chi connectivity index (χ4n) is 3.02. The van der Waals surface area contributed by atoms with E-state index < -0.39 is 0 Å². The summed E-state index contributed by atoms with van der Waals surface area (Å²) >= 11 is 0. The second-order valence-corrected chi connectivity index (χ2v) is 6.31. The van der Waals surface area contributed by atoms with Crippen molar-refractivity contribution >= 4 is 16.6 Å². The number of hydrogen-bond donors (Lipinski definition) is 0. The topological polar surface area (TPSA) is 65.6 Å². The number of fused-ring (bicyclic) bond motifs is 1. The Kier molecular flexibility index (Phi) is 4.08. The average molecular weight is 345 g/mol. The van der Waals surface area contributed by atoms with Gasteiger partial charge in [0, 0.05) is 42.6 Å². The van der Waals surface area contributed by atoms with E-state index in [9.17, 15) is 4.79 Å². The molecular formula is C20H19N5O. The van der Waals surface area contributed by atoms with E-state index in [0.717, 1.165) is 34.3 Å². The molecule has 130 valence electrons. The van der Waals surface area contributed by atoms with Crippen LogP contribution in [-0.4, -0.2) is 30.1 Å². The first-order valence-electron chi connectivity index (χ1n) is 8.55. The van der Waals surface area contributed by atoms with Crippen molar-refractivity contribution in [3.63, 3.8) is 0 Å². The van der Waals surface area contributed by atoms with Crippen LogP contribution in [0.1, 0.15) is 23.0 Å². The van der Waals surface area contributed by atoms with E-state index in [-0.39, 0.29) is 12.2 Å². The van der Waals surface area contributed by atoms with Gasteiger partial charge in [0.1, 0.15) is 0 Å². The lowest BCUT2D eigenvalue weighted by Gasteiger charge is -2.06. The first-order valence-corrected chi connectivity index (χ1v) is 8.55. The van der Waals surface area contributed by atoms with Crippen LogP contribution in [0.15, 0.2) is 55.4 Å². The minimum absolute atomic E-state index is 0.0272. The van der Waals surface area contributed by atoms with Gasteiger partial charge in [-0.05, 0) is 24.4 Å². The largest absolute Gasteiger partial charge is 0.334 e. The number of aromatic nitrogens is 5. The lowest BCUT2D eigenvalue weighted by molar-refractivity contribution is 0.0992. The molecule has 0 radical (unpaired) electrons. The highest BCUT2D eigenvalue weighted by Crippen LogP contribution is 2.24. The van der Waals surface area contributed by atoms with Crippen LogP contribution in [-0.2, 0) is 20.0 Å². The van der Waals surface area contributed by atoms with E-state index >= 15 is 0 Å². The van der Waals surface area contributed by atoms with Crippen LogP contribution in [0.25, 0.3) is 22.0 Å². The highest BCUT2D eigenvalue weighted by molar-refractivity contribution is 5.97. The summed E-state index contributed by atoms with van der Waals surface area (Å²) in [7, 11) is 1.97. The number of hydrogen-bond acceptors (Lipinski definition) is 4. The number of pyridine rings is 1. The minimum atomic E-state index is 0.0272. The third kappa shape index (κ3) is 3.01. The smallest absolute Gasteiger partial charge is 0.171 e. The molecule has 3 heterocycles. The number of aryl methyl sites for hydroxylation is 2. The van der Waals surface area contributed by atoms with E-state index in [0.29, 0.717) is 5.56 Å². The lowest BCUT2D eigenvalue weighted by atomic mass is 10.0. The zero-order valence-corrected chi connectivity index (χ0v) is 14.8. The van der Waals surface area contributed by atoms with E-state index in [4.69, 9.17) is 0 Å². The van der Waals surface area contributed by atoms with Crippen LogP contribution in [0.2, 0.25) is 0 Å². The molecule has 3 aromatic heterocycles.